The van der Waals surface area contributed by atoms with Gasteiger partial charge in [0.05, 0.1) is 0 Å². The molecule has 1 heterocycles. The van der Waals surface area contributed by atoms with Crippen molar-refractivity contribution in [3.63, 3.8) is 0 Å². The summed E-state index contributed by atoms with van der Waals surface area (Å²) in [5, 5.41) is 5.58. The number of amides is 1. The van der Waals surface area contributed by atoms with Gasteiger partial charge in [0.15, 0.2) is 6.61 Å². The van der Waals surface area contributed by atoms with E-state index in [0.29, 0.717) is 11.1 Å². The summed E-state index contributed by atoms with van der Waals surface area (Å²) in [7, 11) is 0. The normalized spacial score (nSPS) is 11.7. The lowest BCUT2D eigenvalue weighted by molar-refractivity contribution is -0.125. The largest absolute Gasteiger partial charge is 0.450 e. The smallest absolute Gasteiger partial charge is 0.375 e. The Morgan fingerprint density at radius 1 is 1.08 bits per heavy atom. The van der Waals surface area contributed by atoms with Gasteiger partial charge in [0, 0.05) is 21.9 Å². The first kappa shape index (κ1) is 17.0. The molecule has 0 fully saturated rings. The molecule has 3 aromatic rings. The highest BCUT2D eigenvalue weighted by atomic mass is 16.5. The van der Waals surface area contributed by atoms with E-state index in [1.165, 1.54) is 0 Å². The first-order valence-electron chi connectivity index (χ1n) is 8.15. The van der Waals surface area contributed by atoms with Crippen LogP contribution in [-0.2, 0) is 9.53 Å². The maximum Gasteiger partial charge on any atom is 0.375 e. The lowest BCUT2D eigenvalue weighted by Gasteiger charge is -2.20. The Morgan fingerprint density at radius 2 is 1.80 bits per heavy atom. The van der Waals surface area contributed by atoms with Gasteiger partial charge in [-0.1, -0.05) is 36.4 Å². The molecular formula is C20H21NO4. The molecule has 0 bridgehead atoms. The summed E-state index contributed by atoms with van der Waals surface area (Å²) in [6.07, 6.45) is 0. The van der Waals surface area contributed by atoms with Crippen molar-refractivity contribution < 1.29 is 18.7 Å². The summed E-state index contributed by atoms with van der Waals surface area (Å²) in [4.78, 5) is 24.2. The summed E-state index contributed by atoms with van der Waals surface area (Å²) < 4.78 is 10.9. The van der Waals surface area contributed by atoms with Crippen LogP contribution in [0.2, 0.25) is 0 Å². The molecule has 0 aliphatic heterocycles. The van der Waals surface area contributed by atoms with E-state index in [-0.39, 0.29) is 23.8 Å². The Balaban J connectivity index is 1.86. The molecule has 1 amide bonds. The summed E-state index contributed by atoms with van der Waals surface area (Å²) >= 11 is 0. The fourth-order valence-electron chi connectivity index (χ4n) is 2.79. The van der Waals surface area contributed by atoms with Crippen molar-refractivity contribution in [2.24, 2.45) is 0 Å². The molecule has 5 nitrogen and oxygen atoms in total. The van der Waals surface area contributed by atoms with Crippen molar-refractivity contribution in [3.8, 4) is 0 Å². The van der Waals surface area contributed by atoms with Gasteiger partial charge >= 0.3 is 5.97 Å². The Hall–Kier alpha value is -2.82. The summed E-state index contributed by atoms with van der Waals surface area (Å²) in [5.74, 6) is -0.850. The Labute approximate surface area is 145 Å². The van der Waals surface area contributed by atoms with Crippen molar-refractivity contribution in [3.05, 3.63) is 47.7 Å². The maximum atomic E-state index is 12.3. The zero-order valence-corrected chi connectivity index (χ0v) is 14.8. The second kappa shape index (κ2) is 6.24. The highest BCUT2D eigenvalue weighted by Crippen LogP contribution is 2.31. The molecule has 2 aromatic carbocycles. The highest BCUT2D eigenvalue weighted by Gasteiger charge is 2.22. The number of hydrogen-bond donors (Lipinski definition) is 1. The van der Waals surface area contributed by atoms with Gasteiger partial charge in [-0.2, -0.15) is 0 Å². The van der Waals surface area contributed by atoms with Crippen LogP contribution in [0.4, 0.5) is 0 Å². The van der Waals surface area contributed by atoms with E-state index in [0.717, 1.165) is 16.2 Å². The molecule has 5 heteroatoms. The average Bonchev–Trinajstić information content (AvgIpc) is 2.88. The van der Waals surface area contributed by atoms with Crippen LogP contribution in [0.25, 0.3) is 21.7 Å². The Kier molecular flexibility index (Phi) is 4.25. The molecule has 0 aliphatic rings. The van der Waals surface area contributed by atoms with Gasteiger partial charge in [0.1, 0.15) is 5.58 Å². The first-order chi connectivity index (χ1) is 11.8. The number of esters is 1. The summed E-state index contributed by atoms with van der Waals surface area (Å²) in [5.41, 5.74) is 0.987. The van der Waals surface area contributed by atoms with Crippen LogP contribution in [0.3, 0.4) is 0 Å². The lowest BCUT2D eigenvalue weighted by atomic mass is 10.1. The standard InChI is InChI=1S/C20H21NO4/c1-12-14-10-9-13-7-5-6-8-15(13)18(14)25-17(12)19(23)24-11-16(22)21-20(2,3)4/h5-10H,11H2,1-4H3,(H,21,22). The molecule has 130 valence electrons. The molecule has 0 unspecified atom stereocenters. The molecule has 0 saturated heterocycles. The number of ether oxygens (including phenoxy) is 1. The Morgan fingerprint density at radius 3 is 2.52 bits per heavy atom. The van der Waals surface area contributed by atoms with Crippen LogP contribution in [0, 0.1) is 6.92 Å². The molecule has 3 rings (SSSR count). The number of nitrogens with one attached hydrogen (secondary N) is 1. The van der Waals surface area contributed by atoms with Crippen LogP contribution < -0.4 is 5.32 Å². The SMILES string of the molecule is Cc1c(C(=O)OCC(=O)NC(C)(C)C)oc2c1ccc1ccccc12. The summed E-state index contributed by atoms with van der Waals surface area (Å²) in [6.45, 7) is 7.06. The second-order valence-corrected chi connectivity index (χ2v) is 7.09. The predicted molar refractivity (Wildman–Crippen MR) is 96.6 cm³/mol. The van der Waals surface area contributed by atoms with E-state index >= 15 is 0 Å². The molecule has 0 radical (unpaired) electrons. The molecule has 0 saturated carbocycles. The number of benzene rings is 2. The lowest BCUT2D eigenvalue weighted by Crippen LogP contribution is -2.42. The molecule has 0 spiro atoms. The van der Waals surface area contributed by atoms with Crippen LogP contribution in [0.1, 0.15) is 36.9 Å². The average molecular weight is 339 g/mol. The third-order valence-corrected chi connectivity index (χ3v) is 3.86. The number of carbonyl (C=O) groups excluding carboxylic acids is 2. The van der Waals surface area contributed by atoms with Gasteiger partial charge in [0.25, 0.3) is 5.91 Å². The first-order valence-corrected chi connectivity index (χ1v) is 8.15. The summed E-state index contributed by atoms with van der Waals surface area (Å²) in [6, 6.07) is 11.7. The zero-order chi connectivity index (χ0) is 18.2. The Bertz CT molecular complexity index is 963. The number of fused-ring (bicyclic) bond motifs is 3. The highest BCUT2D eigenvalue weighted by molar-refractivity contribution is 6.08. The molecule has 25 heavy (non-hydrogen) atoms. The van der Waals surface area contributed by atoms with Gasteiger partial charge in [-0.15, -0.1) is 0 Å². The van der Waals surface area contributed by atoms with Crippen molar-refractivity contribution in [1.82, 2.24) is 5.32 Å². The van der Waals surface area contributed by atoms with Gasteiger partial charge in [-0.05, 0) is 33.1 Å². The second-order valence-electron chi connectivity index (χ2n) is 7.09. The molecule has 0 atom stereocenters. The van der Waals surface area contributed by atoms with Crippen molar-refractivity contribution in [2.45, 2.75) is 33.2 Å². The number of carbonyl (C=O) groups is 2. The van der Waals surface area contributed by atoms with Crippen LogP contribution in [0.15, 0.2) is 40.8 Å². The number of rotatable bonds is 3. The molecular weight excluding hydrogens is 318 g/mol. The van der Waals surface area contributed by atoms with E-state index < -0.39 is 5.97 Å². The number of furan rings is 1. The quantitative estimate of drug-likeness (QED) is 0.733. The van der Waals surface area contributed by atoms with Gasteiger partial charge < -0.3 is 14.5 Å². The molecule has 0 aliphatic carbocycles. The van der Waals surface area contributed by atoms with Crippen LogP contribution in [0.5, 0.6) is 0 Å². The van der Waals surface area contributed by atoms with Crippen molar-refractivity contribution in [2.75, 3.05) is 6.61 Å². The zero-order valence-electron chi connectivity index (χ0n) is 14.8. The minimum Gasteiger partial charge on any atom is -0.450 e. The predicted octanol–water partition coefficient (Wildman–Crippen LogP) is 3.97. The van der Waals surface area contributed by atoms with Crippen LogP contribution in [-0.4, -0.2) is 24.0 Å². The topological polar surface area (TPSA) is 68.5 Å². The van der Waals surface area contributed by atoms with Crippen molar-refractivity contribution in [1.29, 1.82) is 0 Å². The van der Waals surface area contributed by atoms with Crippen LogP contribution >= 0.6 is 0 Å². The van der Waals surface area contributed by atoms with E-state index in [2.05, 4.69) is 5.32 Å². The van der Waals surface area contributed by atoms with E-state index in [4.69, 9.17) is 9.15 Å². The maximum absolute atomic E-state index is 12.3. The van der Waals surface area contributed by atoms with E-state index in [9.17, 15) is 9.59 Å². The minimum atomic E-state index is -0.637. The van der Waals surface area contributed by atoms with Gasteiger partial charge in [-0.25, -0.2) is 4.79 Å². The third-order valence-electron chi connectivity index (χ3n) is 3.86. The minimum absolute atomic E-state index is 0.134. The van der Waals surface area contributed by atoms with E-state index in [1.54, 1.807) is 0 Å². The molecule has 1 aromatic heterocycles. The molecule has 1 N–H and O–H groups in total. The fraction of sp³-hybridized carbons (Fsp3) is 0.300. The van der Waals surface area contributed by atoms with Crippen molar-refractivity contribution >= 4 is 33.6 Å². The third kappa shape index (κ3) is 3.50. The van der Waals surface area contributed by atoms with Gasteiger partial charge in [0.2, 0.25) is 5.76 Å². The number of hydrogen-bond acceptors (Lipinski definition) is 4. The monoisotopic (exact) mass is 339 g/mol. The van der Waals surface area contributed by atoms with E-state index in [1.807, 2.05) is 64.1 Å². The van der Waals surface area contributed by atoms with Gasteiger partial charge in [-0.3, -0.25) is 4.79 Å². The number of aryl methyl sites for hydroxylation is 1. The fourth-order valence-corrected chi connectivity index (χ4v) is 2.79.